The lowest BCUT2D eigenvalue weighted by molar-refractivity contribution is -0.148. The fourth-order valence-electron chi connectivity index (χ4n) is 4.34. The number of nitrogens with one attached hydrogen (secondary N) is 1. The number of esters is 1. The first-order chi connectivity index (χ1) is 16.4. The largest absolute Gasteiger partial charge is 0.480 e. The molecule has 2 aromatic rings. The van der Waals surface area contributed by atoms with Crippen LogP contribution < -0.4 is 5.32 Å². The number of hydrogen-bond donors (Lipinski definition) is 2. The van der Waals surface area contributed by atoms with E-state index in [2.05, 4.69) is 5.32 Å². The van der Waals surface area contributed by atoms with Crippen LogP contribution >= 0.6 is 12.4 Å². The van der Waals surface area contributed by atoms with Gasteiger partial charge in [0.2, 0.25) is 5.91 Å². The molecule has 2 unspecified atom stereocenters. The van der Waals surface area contributed by atoms with Gasteiger partial charge < -0.3 is 14.7 Å². The van der Waals surface area contributed by atoms with Crippen LogP contribution in [0.1, 0.15) is 43.2 Å². The Balaban J connectivity index is 0.00000432. The van der Waals surface area contributed by atoms with Crippen molar-refractivity contribution in [2.75, 3.05) is 19.7 Å². The maximum atomic E-state index is 13.4. The van der Waals surface area contributed by atoms with E-state index < -0.39 is 30.6 Å². The topological polar surface area (TPSA) is 95.9 Å². The van der Waals surface area contributed by atoms with E-state index in [9.17, 15) is 23.9 Å². The van der Waals surface area contributed by atoms with Gasteiger partial charge in [-0.3, -0.25) is 19.7 Å². The first-order valence-electron chi connectivity index (χ1n) is 11.6. The molecule has 0 bridgehead atoms. The summed E-state index contributed by atoms with van der Waals surface area (Å²) in [5, 5.41) is 12.5. The molecule has 1 fully saturated rings. The van der Waals surface area contributed by atoms with Crippen LogP contribution in [-0.4, -0.2) is 59.6 Å². The van der Waals surface area contributed by atoms with Crippen LogP contribution in [0.5, 0.6) is 0 Å². The molecule has 9 heteroatoms. The number of amides is 1. The zero-order valence-electron chi connectivity index (χ0n) is 19.7. The number of carbonyl (C=O) groups excluding carboxylic acids is 2. The SMILES string of the molecule is CCOC(=O)[C@H](CCc1ccccc1)NC1CCC(c2ccc(F)cc2)CN(CC(=O)O)C1=O.Cl. The molecular weight excluding hydrogens is 475 g/mol. The van der Waals surface area contributed by atoms with Gasteiger partial charge in [0, 0.05) is 12.5 Å². The van der Waals surface area contributed by atoms with E-state index in [0.29, 0.717) is 25.7 Å². The predicted molar refractivity (Wildman–Crippen MR) is 132 cm³/mol. The molecule has 0 radical (unpaired) electrons. The maximum Gasteiger partial charge on any atom is 0.323 e. The molecule has 1 aliphatic heterocycles. The number of carbonyl (C=O) groups is 3. The highest BCUT2D eigenvalue weighted by Crippen LogP contribution is 2.28. The molecule has 1 aliphatic rings. The Morgan fingerprint density at radius 2 is 1.83 bits per heavy atom. The van der Waals surface area contributed by atoms with Gasteiger partial charge in [-0.25, -0.2) is 4.39 Å². The fourth-order valence-corrected chi connectivity index (χ4v) is 4.34. The summed E-state index contributed by atoms with van der Waals surface area (Å²) in [6, 6.07) is 14.3. The second-order valence-electron chi connectivity index (χ2n) is 8.49. The van der Waals surface area contributed by atoms with E-state index in [-0.39, 0.29) is 43.2 Å². The van der Waals surface area contributed by atoms with E-state index in [1.165, 1.54) is 17.0 Å². The second kappa shape index (κ2) is 13.8. The van der Waals surface area contributed by atoms with Gasteiger partial charge in [-0.2, -0.15) is 0 Å². The van der Waals surface area contributed by atoms with Crippen LogP contribution in [0.2, 0.25) is 0 Å². The van der Waals surface area contributed by atoms with E-state index in [4.69, 9.17) is 4.74 Å². The van der Waals surface area contributed by atoms with Crippen LogP contribution in [0, 0.1) is 5.82 Å². The molecule has 1 amide bonds. The lowest BCUT2D eigenvalue weighted by atomic mass is 9.93. The monoisotopic (exact) mass is 506 g/mol. The molecule has 3 atom stereocenters. The number of aliphatic carboxylic acids is 1. The Morgan fingerprint density at radius 1 is 1.14 bits per heavy atom. The highest BCUT2D eigenvalue weighted by Gasteiger charge is 2.35. The normalized spacial score (nSPS) is 18.8. The summed E-state index contributed by atoms with van der Waals surface area (Å²) in [5.41, 5.74) is 1.91. The molecule has 2 aromatic carbocycles. The van der Waals surface area contributed by atoms with Gasteiger partial charge in [-0.15, -0.1) is 12.4 Å². The Labute approximate surface area is 211 Å². The first kappa shape index (κ1) is 28.3. The molecule has 2 N–H and O–H groups in total. The molecule has 0 aliphatic carbocycles. The number of likely N-dealkylation sites (tertiary alicyclic amines) is 1. The van der Waals surface area contributed by atoms with Crippen molar-refractivity contribution in [3.05, 3.63) is 71.5 Å². The van der Waals surface area contributed by atoms with E-state index in [0.717, 1.165) is 11.1 Å². The van der Waals surface area contributed by atoms with Gasteiger partial charge in [0.05, 0.1) is 12.6 Å². The average molecular weight is 507 g/mol. The van der Waals surface area contributed by atoms with Crippen molar-refractivity contribution in [2.24, 2.45) is 0 Å². The zero-order chi connectivity index (χ0) is 24.5. The third-order valence-corrected chi connectivity index (χ3v) is 6.06. The number of carboxylic acids is 1. The van der Waals surface area contributed by atoms with Crippen LogP contribution in [-0.2, 0) is 25.5 Å². The summed E-state index contributed by atoms with van der Waals surface area (Å²) in [6.45, 7) is 1.72. The number of nitrogens with zero attached hydrogens (tertiary/aromatic N) is 1. The van der Waals surface area contributed by atoms with Crippen LogP contribution in [0.15, 0.2) is 54.6 Å². The molecule has 7 nitrogen and oxygen atoms in total. The molecule has 3 rings (SSSR count). The highest BCUT2D eigenvalue weighted by molar-refractivity contribution is 5.86. The van der Waals surface area contributed by atoms with E-state index in [1.807, 2.05) is 30.3 Å². The summed E-state index contributed by atoms with van der Waals surface area (Å²) >= 11 is 0. The fraction of sp³-hybridized carbons (Fsp3) is 0.423. The zero-order valence-corrected chi connectivity index (χ0v) is 20.5. The molecule has 190 valence electrons. The predicted octanol–water partition coefficient (Wildman–Crippen LogP) is 3.56. The van der Waals surface area contributed by atoms with Crippen molar-refractivity contribution in [2.45, 2.75) is 50.6 Å². The quantitative estimate of drug-likeness (QED) is 0.478. The number of benzene rings is 2. The number of hydrogen-bond acceptors (Lipinski definition) is 5. The second-order valence-corrected chi connectivity index (χ2v) is 8.49. The standard InChI is InChI=1S/C26H31FN2O5.ClH/c1-2-34-26(33)23(14-8-18-6-4-3-5-7-18)28-22-15-11-20(19-9-12-21(27)13-10-19)16-29(25(22)32)17-24(30)31;/h3-7,9-10,12-13,20,22-23,28H,2,8,11,14-17H2,1H3,(H,30,31);1H/t20?,22?,23-;/m0./s1. The van der Waals surface area contributed by atoms with Crippen LogP contribution in [0.4, 0.5) is 4.39 Å². The third-order valence-electron chi connectivity index (χ3n) is 6.06. The Hall–Kier alpha value is -2.97. The van der Waals surface area contributed by atoms with Crippen molar-refractivity contribution in [1.29, 1.82) is 0 Å². The minimum Gasteiger partial charge on any atom is -0.480 e. The number of carboxylic acid groups (broad SMARTS) is 1. The van der Waals surface area contributed by atoms with Gasteiger partial charge >= 0.3 is 11.9 Å². The molecular formula is C26H32ClFN2O5. The summed E-state index contributed by atoms with van der Waals surface area (Å²) in [5.74, 6) is -2.40. The van der Waals surface area contributed by atoms with Crippen molar-refractivity contribution in [1.82, 2.24) is 10.2 Å². The van der Waals surface area contributed by atoms with E-state index in [1.54, 1.807) is 19.1 Å². The Bertz CT molecular complexity index is 973. The number of aryl methyl sites for hydroxylation is 1. The minimum atomic E-state index is -1.11. The van der Waals surface area contributed by atoms with Gasteiger partial charge in [0.15, 0.2) is 0 Å². The smallest absolute Gasteiger partial charge is 0.323 e. The number of halogens is 2. The van der Waals surface area contributed by atoms with Crippen molar-refractivity contribution < 1.29 is 28.6 Å². The third kappa shape index (κ3) is 8.33. The molecule has 35 heavy (non-hydrogen) atoms. The summed E-state index contributed by atoms with van der Waals surface area (Å²) in [4.78, 5) is 38.7. The molecule has 0 saturated carbocycles. The van der Waals surface area contributed by atoms with Crippen LogP contribution in [0.25, 0.3) is 0 Å². The highest BCUT2D eigenvalue weighted by atomic mass is 35.5. The number of ether oxygens (including phenoxy) is 1. The van der Waals surface area contributed by atoms with Crippen molar-refractivity contribution in [3.63, 3.8) is 0 Å². The summed E-state index contributed by atoms with van der Waals surface area (Å²) < 4.78 is 18.6. The average Bonchev–Trinajstić information content (AvgIpc) is 2.96. The maximum absolute atomic E-state index is 13.4. The van der Waals surface area contributed by atoms with Gasteiger partial charge in [0.1, 0.15) is 18.4 Å². The molecule has 0 spiro atoms. The first-order valence-corrected chi connectivity index (χ1v) is 11.6. The Morgan fingerprint density at radius 3 is 2.46 bits per heavy atom. The van der Waals surface area contributed by atoms with Gasteiger partial charge in [-0.1, -0.05) is 42.5 Å². The summed E-state index contributed by atoms with van der Waals surface area (Å²) in [7, 11) is 0. The molecule has 1 heterocycles. The van der Waals surface area contributed by atoms with Gasteiger partial charge in [-0.05, 0) is 55.9 Å². The van der Waals surface area contributed by atoms with Crippen LogP contribution in [0.3, 0.4) is 0 Å². The Kier molecular flexibility index (Phi) is 11.1. The lowest BCUT2D eigenvalue weighted by Gasteiger charge is -2.27. The van der Waals surface area contributed by atoms with E-state index >= 15 is 0 Å². The van der Waals surface area contributed by atoms with Crippen molar-refractivity contribution >= 4 is 30.3 Å². The van der Waals surface area contributed by atoms with Crippen molar-refractivity contribution in [3.8, 4) is 0 Å². The minimum absolute atomic E-state index is 0. The summed E-state index contributed by atoms with van der Waals surface area (Å²) in [6.07, 6.45) is 2.06. The lowest BCUT2D eigenvalue weighted by Crippen LogP contribution is -2.52. The number of rotatable bonds is 10. The van der Waals surface area contributed by atoms with Gasteiger partial charge in [0.25, 0.3) is 0 Å². The molecule has 1 saturated heterocycles. The molecule has 0 aromatic heterocycles.